The van der Waals surface area contributed by atoms with Gasteiger partial charge in [-0.15, -0.1) is 0 Å². The summed E-state index contributed by atoms with van der Waals surface area (Å²) in [4.78, 5) is 4.11. The molecular formula is C14H16F3N3O. The molecule has 0 aliphatic rings. The highest BCUT2D eigenvalue weighted by molar-refractivity contribution is 5.55. The molecular weight excluding hydrogens is 283 g/mol. The molecule has 1 atom stereocenters. The Labute approximate surface area is 120 Å². The van der Waals surface area contributed by atoms with Crippen molar-refractivity contribution in [2.75, 3.05) is 0 Å². The first-order valence-electron chi connectivity index (χ1n) is 6.62. The van der Waals surface area contributed by atoms with E-state index in [9.17, 15) is 13.2 Å². The fraction of sp³-hybridized carbons (Fsp3) is 0.429. The van der Waals surface area contributed by atoms with Crippen LogP contribution in [0, 0.1) is 0 Å². The van der Waals surface area contributed by atoms with Crippen LogP contribution in [0.15, 0.2) is 28.8 Å². The van der Waals surface area contributed by atoms with Crippen LogP contribution in [0.2, 0.25) is 0 Å². The van der Waals surface area contributed by atoms with Crippen molar-refractivity contribution in [1.29, 1.82) is 0 Å². The van der Waals surface area contributed by atoms with Gasteiger partial charge in [-0.05, 0) is 31.9 Å². The summed E-state index contributed by atoms with van der Waals surface area (Å²) in [5.74, 6) is 0.569. The minimum atomic E-state index is -4.39. The lowest BCUT2D eigenvalue weighted by Gasteiger charge is -2.06. The van der Waals surface area contributed by atoms with Crippen molar-refractivity contribution >= 4 is 0 Å². The van der Waals surface area contributed by atoms with E-state index in [1.54, 1.807) is 0 Å². The number of aryl methyl sites for hydroxylation is 1. The minimum absolute atomic E-state index is 0.0934. The molecule has 1 heterocycles. The molecule has 1 aromatic carbocycles. The quantitative estimate of drug-likeness (QED) is 0.918. The topological polar surface area (TPSA) is 64.9 Å². The smallest absolute Gasteiger partial charge is 0.339 e. The van der Waals surface area contributed by atoms with Gasteiger partial charge in [0, 0.05) is 18.0 Å². The summed E-state index contributed by atoms with van der Waals surface area (Å²) in [6, 6.07) is 4.95. The summed E-state index contributed by atoms with van der Waals surface area (Å²) in [6.45, 7) is 1.90. The lowest BCUT2D eigenvalue weighted by Crippen LogP contribution is -2.14. The van der Waals surface area contributed by atoms with Crippen LogP contribution in [0.5, 0.6) is 0 Å². The third-order valence-corrected chi connectivity index (χ3v) is 2.97. The lowest BCUT2D eigenvalue weighted by atomic mass is 10.1. The largest absolute Gasteiger partial charge is 0.416 e. The van der Waals surface area contributed by atoms with Gasteiger partial charge in [-0.25, -0.2) is 0 Å². The fourth-order valence-electron chi connectivity index (χ4n) is 1.88. The molecule has 0 amide bonds. The van der Waals surface area contributed by atoms with Crippen molar-refractivity contribution in [2.45, 2.75) is 38.4 Å². The number of nitrogens with zero attached hydrogens (tertiary/aromatic N) is 2. The summed E-state index contributed by atoms with van der Waals surface area (Å²) in [5, 5.41) is 3.72. The average molecular weight is 299 g/mol. The Morgan fingerprint density at radius 2 is 2.10 bits per heavy atom. The molecule has 114 valence electrons. The molecule has 1 unspecified atom stereocenters. The van der Waals surface area contributed by atoms with Crippen LogP contribution < -0.4 is 5.73 Å². The van der Waals surface area contributed by atoms with E-state index in [-0.39, 0.29) is 17.4 Å². The maximum atomic E-state index is 12.7. The second kappa shape index (κ2) is 6.26. The Balaban J connectivity index is 2.11. The van der Waals surface area contributed by atoms with Crippen molar-refractivity contribution in [3.05, 3.63) is 35.7 Å². The Bertz CT molecular complexity index is 593. The second-order valence-electron chi connectivity index (χ2n) is 4.96. The van der Waals surface area contributed by atoms with E-state index in [1.165, 1.54) is 12.1 Å². The van der Waals surface area contributed by atoms with Gasteiger partial charge >= 0.3 is 6.18 Å². The van der Waals surface area contributed by atoms with Gasteiger partial charge in [-0.1, -0.05) is 17.3 Å². The first-order valence-corrected chi connectivity index (χ1v) is 6.62. The Morgan fingerprint density at radius 1 is 1.33 bits per heavy atom. The molecule has 0 bridgehead atoms. The van der Waals surface area contributed by atoms with Crippen LogP contribution in [-0.2, 0) is 12.6 Å². The highest BCUT2D eigenvalue weighted by Gasteiger charge is 2.30. The van der Waals surface area contributed by atoms with Gasteiger partial charge in [-0.2, -0.15) is 18.2 Å². The summed E-state index contributed by atoms with van der Waals surface area (Å²) in [7, 11) is 0. The number of nitrogens with two attached hydrogens (primary N) is 1. The van der Waals surface area contributed by atoms with Crippen LogP contribution in [0.25, 0.3) is 11.4 Å². The molecule has 0 fully saturated rings. The molecule has 0 saturated carbocycles. The molecule has 4 nitrogen and oxygen atoms in total. The molecule has 21 heavy (non-hydrogen) atoms. The lowest BCUT2D eigenvalue weighted by molar-refractivity contribution is -0.137. The van der Waals surface area contributed by atoms with E-state index in [1.807, 2.05) is 6.92 Å². The van der Waals surface area contributed by atoms with Crippen LogP contribution in [0.1, 0.15) is 31.2 Å². The predicted molar refractivity (Wildman–Crippen MR) is 71.3 cm³/mol. The van der Waals surface area contributed by atoms with Crippen LogP contribution in [-0.4, -0.2) is 16.2 Å². The Kier molecular flexibility index (Phi) is 4.62. The van der Waals surface area contributed by atoms with Gasteiger partial charge in [0.05, 0.1) is 5.56 Å². The van der Waals surface area contributed by atoms with E-state index < -0.39 is 11.7 Å². The van der Waals surface area contributed by atoms with Crippen molar-refractivity contribution in [3.63, 3.8) is 0 Å². The van der Waals surface area contributed by atoms with E-state index >= 15 is 0 Å². The summed E-state index contributed by atoms with van der Waals surface area (Å²) in [5.41, 5.74) is 5.19. The number of aromatic nitrogens is 2. The normalized spacial score (nSPS) is 13.4. The number of hydrogen-bond donors (Lipinski definition) is 1. The van der Waals surface area contributed by atoms with E-state index in [0.29, 0.717) is 12.3 Å². The number of halogens is 3. The molecule has 0 saturated heterocycles. The highest BCUT2D eigenvalue weighted by Crippen LogP contribution is 2.31. The van der Waals surface area contributed by atoms with Gasteiger partial charge in [0.2, 0.25) is 11.7 Å². The third-order valence-electron chi connectivity index (χ3n) is 2.97. The monoisotopic (exact) mass is 299 g/mol. The molecule has 0 aliphatic heterocycles. The zero-order valence-electron chi connectivity index (χ0n) is 11.5. The van der Waals surface area contributed by atoms with E-state index in [4.69, 9.17) is 10.3 Å². The maximum absolute atomic E-state index is 12.7. The first-order chi connectivity index (χ1) is 9.86. The molecule has 7 heteroatoms. The van der Waals surface area contributed by atoms with Crippen LogP contribution >= 0.6 is 0 Å². The van der Waals surface area contributed by atoms with Gasteiger partial charge in [0.1, 0.15) is 0 Å². The Hall–Kier alpha value is -1.89. The average Bonchev–Trinajstić information content (AvgIpc) is 2.86. The van der Waals surface area contributed by atoms with Crippen LogP contribution in [0.3, 0.4) is 0 Å². The molecule has 2 N–H and O–H groups in total. The molecule has 0 aliphatic carbocycles. The molecule has 2 rings (SSSR count). The zero-order chi connectivity index (χ0) is 15.5. The van der Waals surface area contributed by atoms with E-state index in [0.717, 1.165) is 25.0 Å². The summed E-state index contributed by atoms with van der Waals surface area (Å²) in [6.07, 6.45) is -2.21. The summed E-state index contributed by atoms with van der Waals surface area (Å²) < 4.78 is 43.0. The third kappa shape index (κ3) is 4.29. The molecule has 0 spiro atoms. The van der Waals surface area contributed by atoms with Gasteiger partial charge in [0.15, 0.2) is 0 Å². The zero-order valence-corrected chi connectivity index (χ0v) is 11.5. The maximum Gasteiger partial charge on any atom is 0.416 e. The first kappa shape index (κ1) is 15.5. The summed E-state index contributed by atoms with van der Waals surface area (Å²) >= 11 is 0. The standard InChI is InChI=1S/C14H16F3N3O/c1-9(18)4-2-7-12-19-13(20-21-12)10-5-3-6-11(8-10)14(15,16)17/h3,5-6,8-9H,2,4,7,18H2,1H3. The number of benzene rings is 1. The predicted octanol–water partition coefficient (Wildman–Crippen LogP) is 3.43. The van der Waals surface area contributed by atoms with Crippen molar-refractivity contribution < 1.29 is 17.7 Å². The molecule has 2 aromatic rings. The van der Waals surface area contributed by atoms with Gasteiger partial charge in [-0.3, -0.25) is 0 Å². The van der Waals surface area contributed by atoms with E-state index in [2.05, 4.69) is 10.1 Å². The number of alkyl halides is 3. The van der Waals surface area contributed by atoms with Crippen molar-refractivity contribution in [3.8, 4) is 11.4 Å². The van der Waals surface area contributed by atoms with Crippen LogP contribution in [0.4, 0.5) is 13.2 Å². The van der Waals surface area contributed by atoms with Gasteiger partial charge < -0.3 is 10.3 Å². The second-order valence-corrected chi connectivity index (χ2v) is 4.96. The fourth-order valence-corrected chi connectivity index (χ4v) is 1.88. The van der Waals surface area contributed by atoms with Crippen molar-refractivity contribution in [1.82, 2.24) is 10.1 Å². The molecule has 0 radical (unpaired) electrons. The van der Waals surface area contributed by atoms with Crippen molar-refractivity contribution in [2.24, 2.45) is 5.73 Å². The minimum Gasteiger partial charge on any atom is -0.339 e. The Morgan fingerprint density at radius 3 is 2.76 bits per heavy atom. The number of rotatable bonds is 5. The SMILES string of the molecule is CC(N)CCCc1nc(-c2cccc(C(F)(F)F)c2)no1. The highest BCUT2D eigenvalue weighted by atomic mass is 19.4. The number of hydrogen-bond acceptors (Lipinski definition) is 4. The molecule has 1 aromatic heterocycles. The van der Waals surface area contributed by atoms with Gasteiger partial charge in [0.25, 0.3) is 0 Å².